The number of unbranched alkanes of at least 4 members (excludes halogenated alkanes) is 1. The average Bonchev–Trinajstić information content (AvgIpc) is 3.35. The fraction of sp³-hybridized carbons (Fsp3) is 0.667. The first kappa shape index (κ1) is 14.1. The molecule has 110 valence electrons. The third kappa shape index (κ3) is 4.32. The van der Waals surface area contributed by atoms with E-state index in [0.717, 1.165) is 25.2 Å². The lowest BCUT2D eigenvalue weighted by atomic mass is 10.1. The smallest absolute Gasteiger partial charge is 0.0236 e. The molecule has 0 aliphatic heterocycles. The second kappa shape index (κ2) is 6.73. The van der Waals surface area contributed by atoms with Gasteiger partial charge in [-0.2, -0.15) is 0 Å². The van der Waals surface area contributed by atoms with Gasteiger partial charge in [0, 0.05) is 25.2 Å². The Hall–Kier alpha value is -0.860. The van der Waals surface area contributed by atoms with Crippen LogP contribution in [0.2, 0.25) is 0 Å². The number of nitrogens with one attached hydrogen (secondary N) is 1. The van der Waals surface area contributed by atoms with E-state index in [0.29, 0.717) is 0 Å². The van der Waals surface area contributed by atoms with Crippen molar-refractivity contribution < 1.29 is 0 Å². The van der Waals surface area contributed by atoms with E-state index < -0.39 is 0 Å². The Morgan fingerprint density at radius 2 is 1.95 bits per heavy atom. The molecule has 0 saturated heterocycles. The summed E-state index contributed by atoms with van der Waals surface area (Å²) < 4.78 is 0. The van der Waals surface area contributed by atoms with Crippen molar-refractivity contribution in [1.29, 1.82) is 0 Å². The Morgan fingerprint density at radius 3 is 2.65 bits per heavy atom. The lowest BCUT2D eigenvalue weighted by Gasteiger charge is -2.22. The van der Waals surface area contributed by atoms with Gasteiger partial charge in [0.05, 0.1) is 0 Å². The molecule has 2 nitrogen and oxygen atoms in total. The highest BCUT2D eigenvalue weighted by atomic mass is 15.2. The fourth-order valence-electron chi connectivity index (χ4n) is 2.81. The SMILES string of the molecule is CCCCN(Cc1cccc(CNC2CC2)c1)C1CC1. The second-order valence-electron chi connectivity index (χ2n) is 6.53. The van der Waals surface area contributed by atoms with Crippen LogP contribution in [0, 0.1) is 0 Å². The number of hydrogen-bond donors (Lipinski definition) is 1. The van der Waals surface area contributed by atoms with Gasteiger partial charge in [0.2, 0.25) is 0 Å². The van der Waals surface area contributed by atoms with Crippen LogP contribution in [-0.2, 0) is 13.1 Å². The first-order valence-corrected chi connectivity index (χ1v) is 8.40. The summed E-state index contributed by atoms with van der Waals surface area (Å²) in [4.78, 5) is 2.69. The monoisotopic (exact) mass is 272 g/mol. The van der Waals surface area contributed by atoms with E-state index in [4.69, 9.17) is 0 Å². The summed E-state index contributed by atoms with van der Waals surface area (Å²) in [6.45, 7) is 5.74. The first-order valence-electron chi connectivity index (χ1n) is 8.40. The Labute approximate surface area is 123 Å². The molecule has 2 saturated carbocycles. The summed E-state index contributed by atoms with van der Waals surface area (Å²) in [6, 6.07) is 10.8. The summed E-state index contributed by atoms with van der Waals surface area (Å²) in [6.07, 6.45) is 8.19. The molecule has 2 aliphatic carbocycles. The molecule has 3 rings (SSSR count). The van der Waals surface area contributed by atoms with Gasteiger partial charge in [0.25, 0.3) is 0 Å². The zero-order valence-corrected chi connectivity index (χ0v) is 12.8. The Morgan fingerprint density at radius 1 is 1.15 bits per heavy atom. The van der Waals surface area contributed by atoms with Crippen molar-refractivity contribution in [3.8, 4) is 0 Å². The molecular formula is C18H28N2. The highest BCUT2D eigenvalue weighted by Crippen LogP contribution is 2.28. The predicted molar refractivity (Wildman–Crippen MR) is 84.6 cm³/mol. The van der Waals surface area contributed by atoms with Crippen LogP contribution in [0.5, 0.6) is 0 Å². The molecule has 0 spiro atoms. The van der Waals surface area contributed by atoms with Gasteiger partial charge < -0.3 is 5.32 Å². The number of hydrogen-bond acceptors (Lipinski definition) is 2. The molecule has 1 N–H and O–H groups in total. The quantitative estimate of drug-likeness (QED) is 0.737. The molecule has 0 atom stereocenters. The van der Waals surface area contributed by atoms with Gasteiger partial charge in [0.15, 0.2) is 0 Å². The standard InChI is InChI=1S/C18H28N2/c1-2-3-11-20(18-9-10-18)14-16-6-4-5-15(12-16)13-19-17-7-8-17/h4-6,12,17-19H,2-3,7-11,13-14H2,1H3. The molecule has 2 aliphatic rings. The van der Waals surface area contributed by atoms with Gasteiger partial charge in [-0.25, -0.2) is 0 Å². The van der Waals surface area contributed by atoms with Crippen molar-refractivity contribution in [1.82, 2.24) is 10.2 Å². The zero-order valence-electron chi connectivity index (χ0n) is 12.8. The molecule has 0 aromatic heterocycles. The molecule has 0 radical (unpaired) electrons. The predicted octanol–water partition coefficient (Wildman–Crippen LogP) is 3.70. The summed E-state index contributed by atoms with van der Waals surface area (Å²) in [5, 5.41) is 3.61. The lowest BCUT2D eigenvalue weighted by molar-refractivity contribution is 0.250. The van der Waals surface area contributed by atoms with Gasteiger partial charge in [-0.1, -0.05) is 37.6 Å². The average molecular weight is 272 g/mol. The maximum Gasteiger partial charge on any atom is 0.0236 e. The maximum atomic E-state index is 3.61. The normalized spacial score (nSPS) is 18.7. The Kier molecular flexibility index (Phi) is 4.74. The van der Waals surface area contributed by atoms with E-state index in [1.807, 2.05) is 0 Å². The van der Waals surface area contributed by atoms with E-state index in [1.54, 1.807) is 0 Å². The minimum atomic E-state index is 0.797. The van der Waals surface area contributed by atoms with Crippen molar-refractivity contribution in [2.75, 3.05) is 6.54 Å². The van der Waals surface area contributed by atoms with E-state index in [1.165, 1.54) is 56.2 Å². The molecule has 20 heavy (non-hydrogen) atoms. The van der Waals surface area contributed by atoms with Gasteiger partial charge >= 0.3 is 0 Å². The maximum absolute atomic E-state index is 3.61. The third-order valence-corrected chi connectivity index (χ3v) is 4.41. The van der Waals surface area contributed by atoms with Gasteiger partial charge in [0.1, 0.15) is 0 Å². The highest BCUT2D eigenvalue weighted by molar-refractivity contribution is 5.23. The number of nitrogens with zero attached hydrogens (tertiary/aromatic N) is 1. The van der Waals surface area contributed by atoms with E-state index in [-0.39, 0.29) is 0 Å². The zero-order chi connectivity index (χ0) is 13.8. The molecule has 0 heterocycles. The third-order valence-electron chi connectivity index (χ3n) is 4.41. The van der Waals surface area contributed by atoms with Gasteiger partial charge in [-0.15, -0.1) is 0 Å². The Bertz CT molecular complexity index is 421. The van der Waals surface area contributed by atoms with Crippen LogP contribution in [0.15, 0.2) is 24.3 Å². The van der Waals surface area contributed by atoms with Crippen LogP contribution >= 0.6 is 0 Å². The van der Waals surface area contributed by atoms with E-state index in [9.17, 15) is 0 Å². The van der Waals surface area contributed by atoms with Crippen LogP contribution in [0.4, 0.5) is 0 Å². The van der Waals surface area contributed by atoms with Crippen molar-refractivity contribution in [3.63, 3.8) is 0 Å². The van der Waals surface area contributed by atoms with Crippen molar-refractivity contribution in [3.05, 3.63) is 35.4 Å². The summed E-state index contributed by atoms with van der Waals surface area (Å²) in [5.41, 5.74) is 2.93. The highest BCUT2D eigenvalue weighted by Gasteiger charge is 2.28. The topological polar surface area (TPSA) is 15.3 Å². The van der Waals surface area contributed by atoms with Crippen LogP contribution < -0.4 is 5.32 Å². The van der Waals surface area contributed by atoms with Gasteiger partial charge in [-0.05, 0) is 49.8 Å². The fourth-order valence-corrected chi connectivity index (χ4v) is 2.81. The summed E-state index contributed by atoms with van der Waals surface area (Å²) >= 11 is 0. The molecule has 2 fully saturated rings. The summed E-state index contributed by atoms with van der Waals surface area (Å²) in [5.74, 6) is 0. The molecule has 0 bridgehead atoms. The Balaban J connectivity index is 1.55. The van der Waals surface area contributed by atoms with Crippen LogP contribution in [0.25, 0.3) is 0 Å². The van der Waals surface area contributed by atoms with E-state index >= 15 is 0 Å². The molecule has 0 amide bonds. The van der Waals surface area contributed by atoms with Crippen molar-refractivity contribution >= 4 is 0 Å². The largest absolute Gasteiger partial charge is 0.310 e. The lowest BCUT2D eigenvalue weighted by Crippen LogP contribution is -2.26. The number of rotatable bonds is 9. The van der Waals surface area contributed by atoms with Crippen molar-refractivity contribution in [2.45, 2.75) is 70.6 Å². The molecule has 1 aromatic rings. The second-order valence-corrected chi connectivity index (χ2v) is 6.53. The van der Waals surface area contributed by atoms with Crippen LogP contribution in [0.1, 0.15) is 56.6 Å². The molecule has 2 heteroatoms. The van der Waals surface area contributed by atoms with Gasteiger partial charge in [-0.3, -0.25) is 4.90 Å². The first-order chi connectivity index (χ1) is 9.85. The van der Waals surface area contributed by atoms with E-state index in [2.05, 4.69) is 41.4 Å². The van der Waals surface area contributed by atoms with Crippen LogP contribution in [-0.4, -0.2) is 23.5 Å². The number of benzene rings is 1. The minimum Gasteiger partial charge on any atom is -0.310 e. The van der Waals surface area contributed by atoms with Crippen LogP contribution in [0.3, 0.4) is 0 Å². The summed E-state index contributed by atoms with van der Waals surface area (Å²) in [7, 11) is 0. The van der Waals surface area contributed by atoms with Crippen molar-refractivity contribution in [2.24, 2.45) is 0 Å². The minimum absolute atomic E-state index is 0.797. The molecule has 0 unspecified atom stereocenters. The molecule has 1 aromatic carbocycles. The molecular weight excluding hydrogens is 244 g/mol.